The van der Waals surface area contributed by atoms with Gasteiger partial charge in [0.05, 0.1) is 19.3 Å². The van der Waals surface area contributed by atoms with Gasteiger partial charge in [-0.3, -0.25) is 4.90 Å². The molecule has 3 rings (SSSR count). The Bertz CT molecular complexity index is 480. The number of hydrogen-bond donors (Lipinski definition) is 0. The molecule has 2 aliphatic rings. The molecule has 0 bridgehead atoms. The Morgan fingerprint density at radius 2 is 2.09 bits per heavy atom. The van der Waals surface area contributed by atoms with E-state index in [1.54, 1.807) is 0 Å². The molecule has 122 valence electrons. The van der Waals surface area contributed by atoms with Gasteiger partial charge in [-0.05, 0) is 43.4 Å². The zero-order chi connectivity index (χ0) is 15.4. The molecule has 0 radical (unpaired) electrons. The standard InChI is InChI=1S/C18H26ClNO2/c1-14-2-3-15(10-18(14)19)11-20-7-4-17(5-8-20)22-13-16-6-9-21-12-16/h2-3,10,16-17H,4-9,11-13H2,1H3/t16-/m0/s1. The Kier molecular flexibility index (Phi) is 5.75. The Balaban J connectivity index is 1.40. The first-order valence-corrected chi connectivity index (χ1v) is 8.75. The van der Waals surface area contributed by atoms with Crippen molar-refractivity contribution < 1.29 is 9.47 Å². The molecule has 0 unspecified atom stereocenters. The fraction of sp³-hybridized carbons (Fsp3) is 0.667. The maximum absolute atomic E-state index is 6.21. The van der Waals surface area contributed by atoms with Crippen LogP contribution in [0.2, 0.25) is 5.02 Å². The highest BCUT2D eigenvalue weighted by Gasteiger charge is 2.22. The van der Waals surface area contributed by atoms with Crippen molar-refractivity contribution in [2.45, 2.75) is 38.8 Å². The van der Waals surface area contributed by atoms with E-state index < -0.39 is 0 Å². The number of ether oxygens (including phenoxy) is 2. The minimum absolute atomic E-state index is 0.429. The summed E-state index contributed by atoms with van der Waals surface area (Å²) in [5.41, 5.74) is 2.45. The van der Waals surface area contributed by atoms with Crippen LogP contribution in [0.4, 0.5) is 0 Å². The van der Waals surface area contributed by atoms with Gasteiger partial charge >= 0.3 is 0 Å². The smallest absolute Gasteiger partial charge is 0.0599 e. The second-order valence-corrected chi connectivity index (χ2v) is 7.03. The highest BCUT2D eigenvalue weighted by molar-refractivity contribution is 6.31. The quantitative estimate of drug-likeness (QED) is 0.825. The van der Waals surface area contributed by atoms with Gasteiger partial charge in [0, 0.05) is 37.2 Å². The lowest BCUT2D eigenvalue weighted by Gasteiger charge is -2.32. The molecule has 2 saturated heterocycles. The summed E-state index contributed by atoms with van der Waals surface area (Å²) in [6.07, 6.45) is 3.85. The molecule has 3 nitrogen and oxygen atoms in total. The van der Waals surface area contributed by atoms with Crippen molar-refractivity contribution in [1.82, 2.24) is 4.90 Å². The lowest BCUT2D eigenvalue weighted by molar-refractivity contribution is -0.0116. The Hall–Kier alpha value is -0.610. The molecule has 0 aromatic heterocycles. The molecule has 0 aliphatic carbocycles. The van der Waals surface area contributed by atoms with Gasteiger partial charge in [-0.1, -0.05) is 23.7 Å². The second-order valence-electron chi connectivity index (χ2n) is 6.62. The van der Waals surface area contributed by atoms with Gasteiger partial charge in [0.15, 0.2) is 0 Å². The molecule has 22 heavy (non-hydrogen) atoms. The highest BCUT2D eigenvalue weighted by atomic mass is 35.5. The number of aryl methyl sites for hydroxylation is 1. The van der Waals surface area contributed by atoms with Crippen molar-refractivity contribution in [3.8, 4) is 0 Å². The Morgan fingerprint density at radius 3 is 2.77 bits per heavy atom. The van der Waals surface area contributed by atoms with Crippen LogP contribution in [0, 0.1) is 12.8 Å². The summed E-state index contributed by atoms with van der Waals surface area (Å²) in [5.74, 6) is 0.618. The lowest BCUT2D eigenvalue weighted by atomic mass is 10.1. The number of likely N-dealkylation sites (tertiary alicyclic amines) is 1. The zero-order valence-corrected chi connectivity index (χ0v) is 14.1. The number of halogens is 1. The summed E-state index contributed by atoms with van der Waals surface area (Å²) in [7, 11) is 0. The first-order chi connectivity index (χ1) is 10.7. The van der Waals surface area contributed by atoms with Gasteiger partial charge in [0.1, 0.15) is 0 Å². The predicted octanol–water partition coefficient (Wildman–Crippen LogP) is 3.67. The van der Waals surface area contributed by atoms with Crippen LogP contribution in [0.3, 0.4) is 0 Å². The highest BCUT2D eigenvalue weighted by Crippen LogP contribution is 2.21. The summed E-state index contributed by atoms with van der Waals surface area (Å²) < 4.78 is 11.5. The molecule has 1 aromatic carbocycles. The van der Waals surface area contributed by atoms with E-state index in [0.717, 1.165) is 69.3 Å². The average molecular weight is 324 g/mol. The van der Waals surface area contributed by atoms with Crippen molar-refractivity contribution in [2.24, 2.45) is 5.92 Å². The molecule has 4 heteroatoms. The van der Waals surface area contributed by atoms with Crippen LogP contribution in [0.5, 0.6) is 0 Å². The molecule has 0 amide bonds. The number of nitrogens with zero attached hydrogens (tertiary/aromatic N) is 1. The average Bonchev–Trinajstić information content (AvgIpc) is 3.04. The molecule has 0 N–H and O–H groups in total. The lowest BCUT2D eigenvalue weighted by Crippen LogP contribution is -2.37. The van der Waals surface area contributed by atoms with Crippen molar-refractivity contribution in [1.29, 1.82) is 0 Å². The Labute approximate surface area is 138 Å². The van der Waals surface area contributed by atoms with Crippen LogP contribution in [0.15, 0.2) is 18.2 Å². The molecule has 2 heterocycles. The molecule has 0 spiro atoms. The molecule has 2 aliphatic heterocycles. The molecular formula is C18H26ClNO2. The van der Waals surface area contributed by atoms with E-state index in [0.29, 0.717) is 12.0 Å². The van der Waals surface area contributed by atoms with Crippen molar-refractivity contribution in [3.63, 3.8) is 0 Å². The Morgan fingerprint density at radius 1 is 1.27 bits per heavy atom. The molecule has 0 saturated carbocycles. The summed E-state index contributed by atoms with van der Waals surface area (Å²) in [6.45, 7) is 7.92. The van der Waals surface area contributed by atoms with Crippen LogP contribution >= 0.6 is 11.6 Å². The summed E-state index contributed by atoms with van der Waals surface area (Å²) in [5, 5.41) is 0.870. The van der Waals surface area contributed by atoms with E-state index in [9.17, 15) is 0 Å². The summed E-state index contributed by atoms with van der Waals surface area (Å²) >= 11 is 6.21. The third-order valence-electron chi connectivity index (χ3n) is 4.77. The van der Waals surface area contributed by atoms with Crippen molar-refractivity contribution in [3.05, 3.63) is 34.3 Å². The van der Waals surface area contributed by atoms with E-state index in [1.807, 2.05) is 6.92 Å². The SMILES string of the molecule is Cc1ccc(CN2CCC(OC[C@H]3CCOC3)CC2)cc1Cl. The van der Waals surface area contributed by atoms with Crippen molar-refractivity contribution >= 4 is 11.6 Å². The minimum Gasteiger partial charge on any atom is -0.381 e. The number of hydrogen-bond acceptors (Lipinski definition) is 3. The van der Waals surface area contributed by atoms with Crippen LogP contribution in [0.25, 0.3) is 0 Å². The van der Waals surface area contributed by atoms with Gasteiger partial charge in [-0.25, -0.2) is 0 Å². The third-order valence-corrected chi connectivity index (χ3v) is 5.18. The van der Waals surface area contributed by atoms with Crippen LogP contribution < -0.4 is 0 Å². The molecule has 1 atom stereocenters. The predicted molar refractivity (Wildman–Crippen MR) is 89.4 cm³/mol. The summed E-state index contributed by atoms with van der Waals surface area (Å²) in [4.78, 5) is 2.50. The van der Waals surface area contributed by atoms with Gasteiger partial charge in [0.2, 0.25) is 0 Å². The normalized spacial score (nSPS) is 24.0. The number of rotatable bonds is 5. The zero-order valence-electron chi connectivity index (χ0n) is 13.4. The fourth-order valence-electron chi connectivity index (χ4n) is 3.21. The maximum atomic E-state index is 6.21. The second kappa shape index (κ2) is 7.78. The van der Waals surface area contributed by atoms with Gasteiger partial charge in [-0.2, -0.15) is 0 Å². The third kappa shape index (κ3) is 4.45. The minimum atomic E-state index is 0.429. The fourth-order valence-corrected chi connectivity index (χ4v) is 3.42. The van der Waals surface area contributed by atoms with Crippen LogP contribution in [0.1, 0.15) is 30.4 Å². The summed E-state index contributed by atoms with van der Waals surface area (Å²) in [6, 6.07) is 6.39. The van der Waals surface area contributed by atoms with Crippen molar-refractivity contribution in [2.75, 3.05) is 32.9 Å². The van der Waals surface area contributed by atoms with Gasteiger partial charge < -0.3 is 9.47 Å². The van der Waals surface area contributed by atoms with Crippen LogP contribution in [-0.2, 0) is 16.0 Å². The topological polar surface area (TPSA) is 21.7 Å². The van der Waals surface area contributed by atoms with E-state index in [-0.39, 0.29) is 0 Å². The first-order valence-electron chi connectivity index (χ1n) is 8.37. The van der Waals surface area contributed by atoms with E-state index in [4.69, 9.17) is 21.1 Å². The van der Waals surface area contributed by atoms with E-state index >= 15 is 0 Å². The number of piperidine rings is 1. The van der Waals surface area contributed by atoms with E-state index in [2.05, 4.69) is 23.1 Å². The van der Waals surface area contributed by atoms with Crippen LogP contribution in [-0.4, -0.2) is 43.9 Å². The first kappa shape index (κ1) is 16.3. The van der Waals surface area contributed by atoms with E-state index in [1.165, 1.54) is 5.56 Å². The maximum Gasteiger partial charge on any atom is 0.0599 e. The van der Waals surface area contributed by atoms with Gasteiger partial charge in [-0.15, -0.1) is 0 Å². The molecular weight excluding hydrogens is 298 g/mol. The molecule has 2 fully saturated rings. The largest absolute Gasteiger partial charge is 0.381 e. The molecule has 1 aromatic rings. The number of benzene rings is 1. The monoisotopic (exact) mass is 323 g/mol. The van der Waals surface area contributed by atoms with Gasteiger partial charge in [0.25, 0.3) is 0 Å².